The van der Waals surface area contributed by atoms with Crippen molar-refractivity contribution in [2.75, 3.05) is 0 Å². The average Bonchev–Trinajstić information content (AvgIpc) is 2.35. The van der Waals surface area contributed by atoms with Crippen molar-refractivity contribution in [3.05, 3.63) is 24.9 Å². The molecule has 0 aromatic carbocycles. The summed E-state index contributed by atoms with van der Waals surface area (Å²) in [6.07, 6.45) is 13.5. The molecule has 0 saturated heterocycles. The van der Waals surface area contributed by atoms with Gasteiger partial charge in [0.25, 0.3) is 0 Å². The molecule has 0 heterocycles. The zero-order valence-corrected chi connectivity index (χ0v) is 9.86. The molecule has 1 aliphatic carbocycles. The van der Waals surface area contributed by atoms with Crippen LogP contribution < -0.4 is 11.1 Å². The Labute approximate surface area is 98.3 Å². The third-order valence-corrected chi connectivity index (χ3v) is 3.16. The molecule has 0 aromatic heterocycles. The van der Waals surface area contributed by atoms with Gasteiger partial charge in [0.15, 0.2) is 0 Å². The lowest BCUT2D eigenvalue weighted by atomic mass is 9.95. The standard InChI is InChI=1S/C13H23N3/c1-2-13(15)11(10-14)8-9-16-12-6-4-3-5-7-12/h2,8-14,16H,1,3-7,15H2. The van der Waals surface area contributed by atoms with Crippen molar-refractivity contribution < 1.29 is 0 Å². The van der Waals surface area contributed by atoms with E-state index in [0.29, 0.717) is 6.04 Å². The molecule has 0 bridgehead atoms. The van der Waals surface area contributed by atoms with Crippen LogP contribution in [0.15, 0.2) is 24.9 Å². The topological polar surface area (TPSA) is 61.9 Å². The zero-order valence-electron chi connectivity index (χ0n) is 9.86. The van der Waals surface area contributed by atoms with Crippen LogP contribution in [0.1, 0.15) is 32.1 Å². The third kappa shape index (κ3) is 4.19. The Balaban J connectivity index is 2.33. The molecular formula is C13H23N3. The van der Waals surface area contributed by atoms with E-state index in [0.717, 1.165) is 0 Å². The van der Waals surface area contributed by atoms with Crippen LogP contribution in [0.5, 0.6) is 0 Å². The van der Waals surface area contributed by atoms with Crippen molar-refractivity contribution in [3.63, 3.8) is 0 Å². The second-order valence-electron chi connectivity index (χ2n) is 4.42. The van der Waals surface area contributed by atoms with E-state index in [9.17, 15) is 0 Å². The Hall–Kier alpha value is -1.09. The number of nitrogens with two attached hydrogens (primary N) is 1. The van der Waals surface area contributed by atoms with E-state index in [1.807, 2.05) is 12.3 Å². The van der Waals surface area contributed by atoms with Gasteiger partial charge in [0.1, 0.15) is 0 Å². The van der Waals surface area contributed by atoms with Crippen molar-refractivity contribution >= 4 is 6.21 Å². The lowest BCUT2D eigenvalue weighted by molar-refractivity contribution is 0.404. The van der Waals surface area contributed by atoms with E-state index in [2.05, 4.69) is 11.9 Å². The van der Waals surface area contributed by atoms with Gasteiger partial charge in [-0.25, -0.2) is 0 Å². The highest BCUT2D eigenvalue weighted by molar-refractivity contribution is 5.61. The van der Waals surface area contributed by atoms with Crippen molar-refractivity contribution in [3.8, 4) is 0 Å². The van der Waals surface area contributed by atoms with Crippen molar-refractivity contribution in [1.29, 1.82) is 5.41 Å². The maximum Gasteiger partial charge on any atom is 0.0335 e. The summed E-state index contributed by atoms with van der Waals surface area (Å²) in [7, 11) is 0. The van der Waals surface area contributed by atoms with Crippen LogP contribution in [0, 0.1) is 11.3 Å². The number of hydrogen-bond acceptors (Lipinski definition) is 3. The van der Waals surface area contributed by atoms with Crippen molar-refractivity contribution in [1.82, 2.24) is 5.32 Å². The van der Waals surface area contributed by atoms with Crippen LogP contribution in [-0.4, -0.2) is 18.3 Å². The molecule has 1 aliphatic rings. The first-order chi connectivity index (χ1) is 7.77. The van der Waals surface area contributed by atoms with Gasteiger partial charge in [-0.1, -0.05) is 31.4 Å². The number of rotatable bonds is 6. The van der Waals surface area contributed by atoms with Gasteiger partial charge in [-0.15, -0.1) is 6.58 Å². The van der Waals surface area contributed by atoms with Crippen LogP contribution in [0.25, 0.3) is 0 Å². The fourth-order valence-electron chi connectivity index (χ4n) is 2.02. The molecule has 1 saturated carbocycles. The average molecular weight is 221 g/mol. The van der Waals surface area contributed by atoms with E-state index in [-0.39, 0.29) is 12.0 Å². The normalized spacial score (nSPS) is 21.6. The first kappa shape index (κ1) is 13.0. The predicted octanol–water partition coefficient (Wildman–Crippen LogP) is 2.20. The van der Waals surface area contributed by atoms with Crippen LogP contribution in [0.2, 0.25) is 0 Å². The van der Waals surface area contributed by atoms with E-state index < -0.39 is 0 Å². The molecule has 0 amide bonds. The van der Waals surface area contributed by atoms with E-state index in [4.69, 9.17) is 11.1 Å². The summed E-state index contributed by atoms with van der Waals surface area (Å²) in [5, 5.41) is 10.7. The molecule has 90 valence electrons. The van der Waals surface area contributed by atoms with E-state index in [1.54, 1.807) is 6.08 Å². The SMILES string of the molecule is C=CC(N)C(C=N)C=CNC1CCCCC1. The van der Waals surface area contributed by atoms with E-state index in [1.165, 1.54) is 38.3 Å². The summed E-state index contributed by atoms with van der Waals surface area (Å²) in [6.45, 7) is 3.64. The number of hydrogen-bond donors (Lipinski definition) is 3. The molecule has 16 heavy (non-hydrogen) atoms. The fraction of sp³-hybridized carbons (Fsp3) is 0.615. The molecule has 4 N–H and O–H groups in total. The van der Waals surface area contributed by atoms with Gasteiger partial charge >= 0.3 is 0 Å². The van der Waals surface area contributed by atoms with Gasteiger partial charge < -0.3 is 16.5 Å². The summed E-state index contributed by atoms with van der Waals surface area (Å²) in [6, 6.07) is 0.443. The molecule has 1 rings (SSSR count). The molecule has 0 radical (unpaired) electrons. The highest BCUT2D eigenvalue weighted by Gasteiger charge is 2.11. The van der Waals surface area contributed by atoms with Crippen LogP contribution >= 0.6 is 0 Å². The first-order valence-corrected chi connectivity index (χ1v) is 6.09. The summed E-state index contributed by atoms with van der Waals surface area (Å²) in [5.74, 6) is -0.0476. The van der Waals surface area contributed by atoms with Gasteiger partial charge in [-0.3, -0.25) is 0 Å². The van der Waals surface area contributed by atoms with Crippen LogP contribution in [0.4, 0.5) is 0 Å². The molecule has 0 aromatic rings. The number of nitrogens with one attached hydrogen (secondary N) is 2. The second-order valence-corrected chi connectivity index (χ2v) is 4.42. The fourth-order valence-corrected chi connectivity index (χ4v) is 2.02. The van der Waals surface area contributed by atoms with Gasteiger partial charge in [0.2, 0.25) is 0 Å². The van der Waals surface area contributed by atoms with Crippen molar-refractivity contribution in [2.45, 2.75) is 44.2 Å². The van der Waals surface area contributed by atoms with Crippen molar-refractivity contribution in [2.24, 2.45) is 11.7 Å². The second kappa shape index (κ2) is 7.23. The van der Waals surface area contributed by atoms with Gasteiger partial charge in [-0.05, 0) is 19.0 Å². The lowest BCUT2D eigenvalue weighted by Gasteiger charge is -2.22. The first-order valence-electron chi connectivity index (χ1n) is 6.09. The minimum absolute atomic E-state index is 0.0476. The Morgan fingerprint density at radius 2 is 2.00 bits per heavy atom. The highest BCUT2D eigenvalue weighted by atomic mass is 14.9. The Morgan fingerprint density at radius 1 is 1.31 bits per heavy atom. The Morgan fingerprint density at radius 3 is 2.56 bits per heavy atom. The van der Waals surface area contributed by atoms with Gasteiger partial charge in [-0.2, -0.15) is 0 Å². The quantitative estimate of drug-likeness (QED) is 0.475. The highest BCUT2D eigenvalue weighted by Crippen LogP contribution is 2.17. The molecule has 0 aliphatic heterocycles. The summed E-state index contributed by atoms with van der Waals surface area (Å²) >= 11 is 0. The molecule has 1 fully saturated rings. The third-order valence-electron chi connectivity index (χ3n) is 3.16. The molecule has 3 heteroatoms. The maximum absolute atomic E-state index is 7.28. The monoisotopic (exact) mass is 221 g/mol. The Bertz CT molecular complexity index is 242. The predicted molar refractivity (Wildman–Crippen MR) is 69.6 cm³/mol. The van der Waals surface area contributed by atoms with E-state index >= 15 is 0 Å². The smallest absolute Gasteiger partial charge is 0.0335 e. The Kier molecular flexibility index (Phi) is 5.86. The lowest BCUT2D eigenvalue weighted by Crippen LogP contribution is -2.29. The molecule has 2 unspecified atom stereocenters. The molecular weight excluding hydrogens is 198 g/mol. The van der Waals surface area contributed by atoms with Gasteiger partial charge in [0.05, 0.1) is 0 Å². The largest absolute Gasteiger partial charge is 0.388 e. The minimum Gasteiger partial charge on any atom is -0.388 e. The van der Waals surface area contributed by atoms with Crippen LogP contribution in [0.3, 0.4) is 0 Å². The maximum atomic E-state index is 7.28. The molecule has 2 atom stereocenters. The minimum atomic E-state index is -0.165. The summed E-state index contributed by atoms with van der Waals surface area (Å²) in [4.78, 5) is 0. The van der Waals surface area contributed by atoms with Gasteiger partial charge in [0, 0.05) is 24.2 Å². The van der Waals surface area contributed by atoms with Crippen LogP contribution in [-0.2, 0) is 0 Å². The molecule has 0 spiro atoms. The zero-order chi connectivity index (χ0) is 11.8. The summed E-state index contributed by atoms with van der Waals surface area (Å²) in [5.41, 5.74) is 5.80. The molecule has 3 nitrogen and oxygen atoms in total. The summed E-state index contributed by atoms with van der Waals surface area (Å²) < 4.78 is 0.